The third-order valence-electron chi connectivity index (χ3n) is 8.96. The van der Waals surface area contributed by atoms with E-state index in [0.717, 1.165) is 60.7 Å². The van der Waals surface area contributed by atoms with Crippen LogP contribution >= 0.6 is 30.3 Å². The molecule has 0 radical (unpaired) electrons. The molecule has 0 fully saturated rings. The first kappa shape index (κ1) is 36.7. The molecular formula is C32H19Cl2F12O3P. The van der Waals surface area contributed by atoms with Crippen molar-refractivity contribution in [2.75, 3.05) is 6.16 Å². The summed E-state index contributed by atoms with van der Waals surface area (Å²) in [4.78, 5) is 0. The average Bonchev–Trinajstić information content (AvgIpc) is 3.45. The number of fused-ring (bicyclic) bond motifs is 4. The minimum atomic E-state index is -7.35. The van der Waals surface area contributed by atoms with E-state index in [9.17, 15) is 5.11 Å². The summed E-state index contributed by atoms with van der Waals surface area (Å²) in [6.45, 7) is 0. The van der Waals surface area contributed by atoms with Crippen LogP contribution in [-0.4, -0.2) is 36.0 Å². The van der Waals surface area contributed by atoms with Crippen LogP contribution in [0, 0.1) is 0 Å². The fourth-order valence-corrected chi connectivity index (χ4v) is 13.5. The molecule has 3 nitrogen and oxygen atoms in total. The molecule has 0 aliphatic carbocycles. The second-order valence-electron chi connectivity index (χ2n) is 11.7. The zero-order valence-corrected chi connectivity index (χ0v) is 26.9. The van der Waals surface area contributed by atoms with Gasteiger partial charge in [-0.05, 0) is 0 Å². The third kappa shape index (κ3) is 4.69. The summed E-state index contributed by atoms with van der Waals surface area (Å²) in [6, 6.07) is 13.1. The van der Waals surface area contributed by atoms with E-state index in [-0.39, 0.29) is 22.2 Å². The van der Waals surface area contributed by atoms with E-state index in [1.165, 1.54) is 0 Å². The van der Waals surface area contributed by atoms with Crippen molar-refractivity contribution in [3.8, 4) is 0 Å². The molecule has 0 amide bonds. The summed E-state index contributed by atoms with van der Waals surface area (Å²) >= 11 is 12.0. The van der Waals surface area contributed by atoms with E-state index in [1.54, 1.807) is 0 Å². The molecule has 0 saturated heterocycles. The van der Waals surface area contributed by atoms with Crippen molar-refractivity contribution in [3.05, 3.63) is 129 Å². The quantitative estimate of drug-likeness (QED) is 0.166. The number of alkyl halides is 12. The molecule has 0 atom stereocenters. The normalized spacial score (nSPS) is 20.2. The van der Waals surface area contributed by atoms with Crippen molar-refractivity contribution in [1.29, 1.82) is 0 Å². The van der Waals surface area contributed by atoms with E-state index in [4.69, 9.17) is 32.2 Å². The van der Waals surface area contributed by atoms with Crippen LogP contribution in [0.1, 0.15) is 22.3 Å². The predicted octanol–water partition coefficient (Wildman–Crippen LogP) is 9.96. The fraction of sp³-hybridized carbons (Fsp3) is 0.250. The molecular weight excluding hydrogens is 762 g/mol. The van der Waals surface area contributed by atoms with Crippen molar-refractivity contribution >= 4 is 40.9 Å². The van der Waals surface area contributed by atoms with Crippen LogP contribution in [0.15, 0.2) is 97.1 Å². The van der Waals surface area contributed by atoms with Crippen LogP contribution in [0.3, 0.4) is 0 Å². The first-order valence-electron chi connectivity index (χ1n) is 14.1. The summed E-state index contributed by atoms with van der Waals surface area (Å²) in [5.41, 5.74) is -18.7. The monoisotopic (exact) mass is 780 g/mol. The second kappa shape index (κ2) is 11.0. The van der Waals surface area contributed by atoms with E-state index < -0.39 is 87.6 Å². The maximum atomic E-state index is 15.2. The number of rotatable bonds is 4. The number of hydrogen-bond acceptors (Lipinski definition) is 3. The molecule has 1 N–H and O–H groups in total. The fourth-order valence-electron chi connectivity index (χ4n) is 6.94. The molecule has 4 aromatic carbocycles. The standard InChI is InChI=1S/C32H19Cl2F12O3P/c33-20-13-9-18(10-14-20)26(47,19-11-15-21(34)16-12-19)17-50(24-7-3-1-5-22(24)27(48-50,29(35,36)37)30(38,39)40)25-8-4-2-6-23(25)28(49-50,31(41,42)43)32(44,45)46/h1-16,47H,17H2. The van der Waals surface area contributed by atoms with E-state index in [2.05, 4.69) is 0 Å². The molecule has 0 aromatic heterocycles. The number of hydrogen-bond donors (Lipinski definition) is 1. The van der Waals surface area contributed by atoms with E-state index >= 15 is 52.7 Å². The molecule has 4 aromatic rings. The molecule has 6 rings (SSSR count). The molecule has 2 aliphatic rings. The Morgan fingerprint density at radius 1 is 0.500 bits per heavy atom. The van der Waals surface area contributed by atoms with Crippen molar-refractivity contribution in [2.45, 2.75) is 41.5 Å². The topological polar surface area (TPSA) is 38.7 Å². The maximum absolute atomic E-state index is 15.2. The van der Waals surface area contributed by atoms with Gasteiger partial charge >= 0.3 is 285 Å². The van der Waals surface area contributed by atoms with Crippen LogP contribution in [-0.2, 0) is 25.9 Å². The second-order valence-corrected chi connectivity index (χ2v) is 16.5. The predicted molar refractivity (Wildman–Crippen MR) is 160 cm³/mol. The van der Waals surface area contributed by atoms with Crippen LogP contribution in [0.25, 0.3) is 0 Å². The Bertz CT molecular complexity index is 1790. The molecule has 2 aliphatic heterocycles. The van der Waals surface area contributed by atoms with Gasteiger partial charge in [0.15, 0.2) is 0 Å². The van der Waals surface area contributed by atoms with Crippen LogP contribution < -0.4 is 10.6 Å². The molecule has 268 valence electrons. The van der Waals surface area contributed by atoms with Gasteiger partial charge in [-0.1, -0.05) is 0 Å². The van der Waals surface area contributed by atoms with Gasteiger partial charge in [-0.3, -0.25) is 0 Å². The average molecular weight is 781 g/mol. The molecule has 50 heavy (non-hydrogen) atoms. The molecule has 2 heterocycles. The third-order valence-corrected chi connectivity index (χ3v) is 14.5. The summed E-state index contributed by atoms with van der Waals surface area (Å²) in [7, 11) is -7.35. The summed E-state index contributed by atoms with van der Waals surface area (Å²) in [6.07, 6.45) is -28.1. The van der Waals surface area contributed by atoms with Gasteiger partial charge in [0.25, 0.3) is 0 Å². The van der Waals surface area contributed by atoms with Gasteiger partial charge < -0.3 is 0 Å². The van der Waals surface area contributed by atoms with Crippen molar-refractivity contribution in [1.82, 2.24) is 0 Å². The van der Waals surface area contributed by atoms with Crippen molar-refractivity contribution < 1.29 is 66.8 Å². The Morgan fingerprint density at radius 3 is 1.10 bits per heavy atom. The van der Waals surface area contributed by atoms with Crippen LogP contribution in [0.4, 0.5) is 52.7 Å². The van der Waals surface area contributed by atoms with Crippen LogP contribution in [0.5, 0.6) is 0 Å². The molecule has 1 spiro atoms. The van der Waals surface area contributed by atoms with Gasteiger partial charge in [0.05, 0.1) is 0 Å². The summed E-state index contributed by atoms with van der Waals surface area (Å²) in [5.74, 6) is 0. The Morgan fingerprint density at radius 2 is 0.800 bits per heavy atom. The first-order valence-corrected chi connectivity index (χ1v) is 17.1. The number of halogens is 14. The first-order chi connectivity index (χ1) is 22.9. The summed E-state index contributed by atoms with van der Waals surface area (Å²) < 4.78 is 193. The Hall–Kier alpha value is -3.07. The number of benzene rings is 4. The zero-order valence-electron chi connectivity index (χ0n) is 24.4. The Kier molecular flexibility index (Phi) is 8.06. The molecule has 0 saturated carbocycles. The molecule has 0 unspecified atom stereocenters. The van der Waals surface area contributed by atoms with Crippen LogP contribution in [0.2, 0.25) is 10.0 Å². The van der Waals surface area contributed by atoms with E-state index in [0.29, 0.717) is 24.3 Å². The summed E-state index contributed by atoms with van der Waals surface area (Å²) in [5, 5.41) is 9.90. The Labute approximate surface area is 284 Å². The van der Waals surface area contributed by atoms with Gasteiger partial charge in [0.2, 0.25) is 0 Å². The van der Waals surface area contributed by atoms with Gasteiger partial charge in [0, 0.05) is 0 Å². The minimum absolute atomic E-state index is 0.00263. The van der Waals surface area contributed by atoms with Gasteiger partial charge in [-0.15, -0.1) is 0 Å². The van der Waals surface area contributed by atoms with Crippen molar-refractivity contribution in [3.63, 3.8) is 0 Å². The van der Waals surface area contributed by atoms with Gasteiger partial charge in [-0.25, -0.2) is 0 Å². The molecule has 0 bridgehead atoms. The number of aliphatic hydroxyl groups is 1. The van der Waals surface area contributed by atoms with E-state index in [1.807, 2.05) is 0 Å². The molecule has 18 heteroatoms. The Balaban J connectivity index is 1.87. The van der Waals surface area contributed by atoms with Crippen molar-refractivity contribution in [2.24, 2.45) is 0 Å². The van der Waals surface area contributed by atoms with Gasteiger partial charge in [0.1, 0.15) is 0 Å². The zero-order chi connectivity index (χ0) is 37.0. The SMILES string of the molecule is OC(CP12(OC(C(F)(F)F)(C(F)(F)F)c3ccccc31)OC(C(F)(F)F)(C(F)(F)F)c1ccccc12)(c1ccc(Cl)cc1)c1ccc(Cl)cc1. The van der Waals surface area contributed by atoms with Gasteiger partial charge in [-0.2, -0.15) is 0 Å².